The number of aliphatic hydroxyl groups is 1. The van der Waals surface area contributed by atoms with Crippen LogP contribution in [0, 0.1) is 11.8 Å². The molecule has 2 aliphatic rings. The number of hydrogen-bond donors (Lipinski definition) is 2. The van der Waals surface area contributed by atoms with Gasteiger partial charge in [-0.1, -0.05) is 12.1 Å². The highest BCUT2D eigenvalue weighted by atomic mass is 16.5. The van der Waals surface area contributed by atoms with Crippen molar-refractivity contribution in [2.24, 2.45) is 11.8 Å². The van der Waals surface area contributed by atoms with Gasteiger partial charge in [-0.05, 0) is 54.5 Å². The van der Waals surface area contributed by atoms with E-state index in [4.69, 9.17) is 4.74 Å². The van der Waals surface area contributed by atoms with Crippen LogP contribution in [-0.4, -0.2) is 41.2 Å². The van der Waals surface area contributed by atoms with Crippen LogP contribution >= 0.6 is 0 Å². The Kier molecular flexibility index (Phi) is 4.28. The molecule has 1 aromatic carbocycles. The molecule has 2 fully saturated rings. The second kappa shape index (κ2) is 6.61. The minimum atomic E-state index is -0.838. The number of benzene rings is 1. The largest absolute Gasteiger partial charge is 0.497 e. The predicted octanol–water partition coefficient (Wildman–Crippen LogP) is 2.85. The highest BCUT2D eigenvalue weighted by Gasteiger charge is 2.50. The summed E-state index contributed by atoms with van der Waals surface area (Å²) in [5, 5.41) is 14.1. The molecule has 1 saturated carbocycles. The Bertz CT molecular complexity index is 782. The maximum Gasteiger partial charge on any atom is 0.321 e. The van der Waals surface area contributed by atoms with E-state index in [9.17, 15) is 9.90 Å². The molecule has 0 bridgehead atoms. The van der Waals surface area contributed by atoms with Gasteiger partial charge >= 0.3 is 6.03 Å². The van der Waals surface area contributed by atoms with Gasteiger partial charge in [-0.15, -0.1) is 0 Å². The third kappa shape index (κ3) is 3.12. The molecule has 0 radical (unpaired) electrons. The van der Waals surface area contributed by atoms with Crippen molar-refractivity contribution in [2.45, 2.75) is 18.4 Å². The number of ether oxygens (including phenoxy) is 1. The van der Waals surface area contributed by atoms with Gasteiger partial charge in [0.15, 0.2) is 0 Å². The average Bonchev–Trinajstić information content (AvgIpc) is 3.18. The summed E-state index contributed by atoms with van der Waals surface area (Å²) in [5.41, 5.74) is 0.760. The number of hydrogen-bond acceptors (Lipinski definition) is 4. The van der Waals surface area contributed by atoms with Crippen LogP contribution < -0.4 is 10.1 Å². The van der Waals surface area contributed by atoms with Crippen LogP contribution in [0.3, 0.4) is 0 Å². The molecule has 136 valence electrons. The molecule has 1 aliphatic heterocycles. The quantitative estimate of drug-likeness (QED) is 0.890. The van der Waals surface area contributed by atoms with Crippen molar-refractivity contribution in [1.29, 1.82) is 0 Å². The highest BCUT2D eigenvalue weighted by Crippen LogP contribution is 2.49. The molecule has 6 nitrogen and oxygen atoms in total. The Morgan fingerprint density at radius 1 is 1.27 bits per heavy atom. The number of rotatable bonds is 3. The Morgan fingerprint density at radius 2 is 2.04 bits per heavy atom. The van der Waals surface area contributed by atoms with Crippen molar-refractivity contribution in [3.63, 3.8) is 0 Å². The average molecular weight is 353 g/mol. The van der Waals surface area contributed by atoms with E-state index in [-0.39, 0.29) is 6.03 Å². The zero-order valence-corrected chi connectivity index (χ0v) is 14.8. The minimum Gasteiger partial charge on any atom is -0.497 e. The van der Waals surface area contributed by atoms with Gasteiger partial charge in [-0.3, -0.25) is 4.98 Å². The molecule has 1 aromatic heterocycles. The third-order valence-electron chi connectivity index (χ3n) is 5.58. The van der Waals surface area contributed by atoms with E-state index in [1.807, 2.05) is 35.2 Å². The number of methoxy groups -OCH3 is 1. The first-order chi connectivity index (χ1) is 12.6. The molecule has 6 heteroatoms. The summed E-state index contributed by atoms with van der Waals surface area (Å²) < 4.78 is 5.28. The molecule has 3 atom stereocenters. The number of anilines is 1. The summed E-state index contributed by atoms with van der Waals surface area (Å²) >= 11 is 0. The van der Waals surface area contributed by atoms with Crippen molar-refractivity contribution in [3.05, 3.63) is 54.4 Å². The third-order valence-corrected chi connectivity index (χ3v) is 5.58. The number of nitrogens with zero attached hydrogens (tertiary/aromatic N) is 2. The number of likely N-dealkylation sites (tertiary alicyclic amines) is 1. The SMILES string of the molecule is COc1cccc([C@]2(O)C[C@H]3CN(C(=O)Nc4cccnc4)C[C@H]3C2)c1. The van der Waals surface area contributed by atoms with Gasteiger partial charge in [0.25, 0.3) is 0 Å². The predicted molar refractivity (Wildman–Crippen MR) is 97.9 cm³/mol. The zero-order valence-electron chi connectivity index (χ0n) is 14.8. The maximum absolute atomic E-state index is 12.5. The van der Waals surface area contributed by atoms with Crippen LogP contribution in [0.15, 0.2) is 48.8 Å². The van der Waals surface area contributed by atoms with E-state index < -0.39 is 5.60 Å². The Hall–Kier alpha value is -2.60. The van der Waals surface area contributed by atoms with Crippen LogP contribution in [-0.2, 0) is 5.60 Å². The van der Waals surface area contributed by atoms with E-state index in [1.165, 1.54) is 0 Å². The summed E-state index contributed by atoms with van der Waals surface area (Å²) in [5.74, 6) is 1.38. The number of carbonyl (C=O) groups is 1. The van der Waals surface area contributed by atoms with Crippen molar-refractivity contribution in [2.75, 3.05) is 25.5 Å². The zero-order chi connectivity index (χ0) is 18.1. The lowest BCUT2D eigenvalue weighted by Gasteiger charge is -2.27. The Labute approximate surface area is 152 Å². The van der Waals surface area contributed by atoms with Gasteiger partial charge in [0.1, 0.15) is 5.75 Å². The fourth-order valence-corrected chi connectivity index (χ4v) is 4.31. The minimum absolute atomic E-state index is 0.0997. The molecule has 2 heterocycles. The standard InChI is InChI=1S/C20H23N3O3/c1-26-18-6-2-4-16(8-18)20(25)9-14-12-23(13-15(14)10-20)19(24)22-17-5-3-7-21-11-17/h2-8,11,14-15,25H,9-10,12-13H2,1H3,(H,22,24)/t14-,15+,20-. The Morgan fingerprint density at radius 3 is 2.69 bits per heavy atom. The lowest BCUT2D eigenvalue weighted by Crippen LogP contribution is -2.35. The van der Waals surface area contributed by atoms with Gasteiger partial charge < -0.3 is 20.1 Å². The lowest BCUT2D eigenvalue weighted by atomic mass is 9.90. The molecule has 26 heavy (non-hydrogen) atoms. The number of fused-ring (bicyclic) bond motifs is 1. The summed E-state index contributed by atoms with van der Waals surface area (Å²) in [6, 6.07) is 11.2. The molecule has 4 rings (SSSR count). The van der Waals surface area contributed by atoms with Gasteiger partial charge in [-0.2, -0.15) is 0 Å². The fraction of sp³-hybridized carbons (Fsp3) is 0.400. The first-order valence-corrected chi connectivity index (χ1v) is 8.90. The highest BCUT2D eigenvalue weighted by molar-refractivity contribution is 5.89. The Balaban J connectivity index is 1.41. The molecule has 0 spiro atoms. The van der Waals surface area contributed by atoms with E-state index in [2.05, 4.69) is 10.3 Å². The summed E-state index contributed by atoms with van der Waals surface area (Å²) in [7, 11) is 1.63. The molecule has 1 saturated heterocycles. The molecule has 2 aromatic rings. The maximum atomic E-state index is 12.5. The van der Waals surface area contributed by atoms with Gasteiger partial charge in [0.2, 0.25) is 0 Å². The van der Waals surface area contributed by atoms with Crippen molar-refractivity contribution in [3.8, 4) is 5.75 Å². The van der Waals surface area contributed by atoms with Crippen LogP contribution in [0.25, 0.3) is 0 Å². The fourth-order valence-electron chi connectivity index (χ4n) is 4.31. The second-order valence-electron chi connectivity index (χ2n) is 7.27. The molecule has 0 unspecified atom stereocenters. The molecule has 1 aliphatic carbocycles. The van der Waals surface area contributed by atoms with Gasteiger partial charge in [0, 0.05) is 19.3 Å². The summed E-state index contributed by atoms with van der Waals surface area (Å²) in [6.45, 7) is 1.34. The van der Waals surface area contributed by atoms with E-state index in [1.54, 1.807) is 25.6 Å². The van der Waals surface area contributed by atoms with Crippen molar-refractivity contribution < 1.29 is 14.6 Å². The van der Waals surface area contributed by atoms with Crippen LogP contribution in [0.5, 0.6) is 5.75 Å². The van der Waals surface area contributed by atoms with Crippen LogP contribution in [0.4, 0.5) is 10.5 Å². The lowest BCUT2D eigenvalue weighted by molar-refractivity contribution is 0.0326. The van der Waals surface area contributed by atoms with Crippen LogP contribution in [0.2, 0.25) is 0 Å². The van der Waals surface area contributed by atoms with Crippen molar-refractivity contribution >= 4 is 11.7 Å². The smallest absolute Gasteiger partial charge is 0.321 e. The first kappa shape index (κ1) is 16.8. The normalized spacial score (nSPS) is 27.2. The molecule has 2 amide bonds. The van der Waals surface area contributed by atoms with E-state index in [0.717, 1.165) is 11.3 Å². The van der Waals surface area contributed by atoms with Crippen LogP contribution in [0.1, 0.15) is 18.4 Å². The first-order valence-electron chi connectivity index (χ1n) is 8.90. The van der Waals surface area contributed by atoms with E-state index in [0.29, 0.717) is 43.5 Å². The molecule has 2 N–H and O–H groups in total. The summed E-state index contributed by atoms with van der Waals surface area (Å²) in [6.07, 6.45) is 4.65. The topological polar surface area (TPSA) is 74.7 Å². The van der Waals surface area contributed by atoms with E-state index >= 15 is 0 Å². The number of pyridine rings is 1. The molecular formula is C20H23N3O3. The molecular weight excluding hydrogens is 330 g/mol. The second-order valence-corrected chi connectivity index (χ2v) is 7.27. The van der Waals surface area contributed by atoms with Gasteiger partial charge in [0.05, 0.1) is 24.6 Å². The number of carbonyl (C=O) groups excluding carboxylic acids is 1. The van der Waals surface area contributed by atoms with Gasteiger partial charge in [-0.25, -0.2) is 4.79 Å². The number of nitrogens with one attached hydrogen (secondary N) is 1. The number of aromatic nitrogens is 1. The van der Waals surface area contributed by atoms with Crippen molar-refractivity contribution in [1.82, 2.24) is 9.88 Å². The monoisotopic (exact) mass is 353 g/mol. The number of amides is 2. The summed E-state index contributed by atoms with van der Waals surface area (Å²) in [4.78, 5) is 18.3. The number of urea groups is 1.